The van der Waals surface area contributed by atoms with Crippen LogP contribution in [0.1, 0.15) is 19.8 Å². The first-order valence-electron chi connectivity index (χ1n) is 7.62. The van der Waals surface area contributed by atoms with E-state index in [1.54, 1.807) is 0 Å². The van der Waals surface area contributed by atoms with Crippen molar-refractivity contribution in [1.82, 2.24) is 9.97 Å². The Bertz CT molecular complexity index is 761. The molecule has 0 unspecified atom stereocenters. The second-order valence-corrected chi connectivity index (χ2v) is 5.83. The van der Waals surface area contributed by atoms with Crippen LogP contribution in [-0.2, 0) is 0 Å². The lowest BCUT2D eigenvalue weighted by Crippen LogP contribution is -2.27. The van der Waals surface area contributed by atoms with Gasteiger partial charge in [0, 0.05) is 35.9 Å². The Morgan fingerprint density at radius 2 is 2.14 bits per heavy atom. The molecule has 3 aromatic rings. The molecule has 106 valence electrons. The van der Waals surface area contributed by atoms with Crippen LogP contribution in [0.25, 0.3) is 22.2 Å². The van der Waals surface area contributed by atoms with Gasteiger partial charge in [-0.2, -0.15) is 0 Å². The number of hydrogen-bond acceptors (Lipinski definition) is 2. The van der Waals surface area contributed by atoms with Gasteiger partial charge in [-0.25, -0.2) is 4.98 Å². The highest BCUT2D eigenvalue weighted by atomic mass is 15.2. The molecule has 0 saturated carbocycles. The van der Waals surface area contributed by atoms with E-state index >= 15 is 0 Å². The van der Waals surface area contributed by atoms with E-state index in [1.165, 1.54) is 23.9 Å². The van der Waals surface area contributed by atoms with Gasteiger partial charge in [0.25, 0.3) is 0 Å². The number of rotatable bonds is 2. The molecule has 1 saturated heterocycles. The maximum atomic E-state index is 4.93. The first-order chi connectivity index (χ1) is 10.3. The quantitative estimate of drug-likeness (QED) is 0.760. The van der Waals surface area contributed by atoms with Gasteiger partial charge >= 0.3 is 0 Å². The third-order valence-corrected chi connectivity index (χ3v) is 4.44. The minimum Gasteiger partial charge on any atom is -0.367 e. The largest absolute Gasteiger partial charge is 0.367 e. The van der Waals surface area contributed by atoms with Gasteiger partial charge in [0.2, 0.25) is 0 Å². The second kappa shape index (κ2) is 4.92. The molecule has 4 rings (SSSR count). The second-order valence-electron chi connectivity index (χ2n) is 5.83. The van der Waals surface area contributed by atoms with Crippen molar-refractivity contribution >= 4 is 16.6 Å². The van der Waals surface area contributed by atoms with E-state index in [0.717, 1.165) is 23.3 Å². The first-order valence-corrected chi connectivity index (χ1v) is 7.62. The van der Waals surface area contributed by atoms with Crippen molar-refractivity contribution < 1.29 is 0 Å². The summed E-state index contributed by atoms with van der Waals surface area (Å²) >= 11 is 0. The average Bonchev–Trinajstić information content (AvgIpc) is 3.17. The van der Waals surface area contributed by atoms with Crippen LogP contribution in [-0.4, -0.2) is 22.6 Å². The number of hydrogen-bond donors (Lipinski definition) is 1. The maximum absolute atomic E-state index is 4.93. The molecule has 2 aromatic heterocycles. The monoisotopic (exact) mass is 277 g/mol. The Balaban J connectivity index is 1.95. The topological polar surface area (TPSA) is 31.9 Å². The fourth-order valence-corrected chi connectivity index (χ4v) is 3.30. The molecule has 3 heteroatoms. The van der Waals surface area contributed by atoms with E-state index in [0.29, 0.717) is 6.04 Å². The standard InChI is InChI=1S/C18H19N3/c1-13-5-4-10-21(13)17-11-14-6-2-3-7-16(14)20-18(17)15-8-9-19-12-15/h2-3,6-9,11-13,19H,4-5,10H2,1H3/t13-/m0/s1. The number of para-hydroxylation sites is 1. The van der Waals surface area contributed by atoms with Gasteiger partial charge in [-0.1, -0.05) is 18.2 Å². The van der Waals surface area contributed by atoms with E-state index in [-0.39, 0.29) is 0 Å². The van der Waals surface area contributed by atoms with Crippen molar-refractivity contribution in [3.05, 3.63) is 48.8 Å². The van der Waals surface area contributed by atoms with E-state index in [9.17, 15) is 0 Å². The molecule has 0 radical (unpaired) electrons. The van der Waals surface area contributed by atoms with Gasteiger partial charge in [0.05, 0.1) is 16.9 Å². The fourth-order valence-electron chi connectivity index (χ4n) is 3.30. The van der Waals surface area contributed by atoms with E-state index < -0.39 is 0 Å². The molecule has 0 bridgehead atoms. The number of H-pyrrole nitrogens is 1. The van der Waals surface area contributed by atoms with Gasteiger partial charge in [-0.05, 0) is 38.0 Å². The number of nitrogens with one attached hydrogen (secondary N) is 1. The molecule has 1 atom stereocenters. The summed E-state index contributed by atoms with van der Waals surface area (Å²) < 4.78 is 0. The highest BCUT2D eigenvalue weighted by Crippen LogP contribution is 2.35. The molecule has 0 spiro atoms. The van der Waals surface area contributed by atoms with Crippen LogP contribution in [0.4, 0.5) is 5.69 Å². The zero-order chi connectivity index (χ0) is 14.2. The molecule has 1 N–H and O–H groups in total. The van der Waals surface area contributed by atoms with E-state index in [4.69, 9.17) is 4.98 Å². The SMILES string of the molecule is C[C@H]1CCCN1c1cc2ccccc2nc1-c1cc[nH]c1. The summed E-state index contributed by atoms with van der Waals surface area (Å²) in [6.45, 7) is 3.43. The van der Waals surface area contributed by atoms with Gasteiger partial charge in [-0.15, -0.1) is 0 Å². The number of pyridine rings is 1. The molecular formula is C18H19N3. The lowest BCUT2D eigenvalue weighted by molar-refractivity contribution is 0.735. The Morgan fingerprint density at radius 3 is 2.90 bits per heavy atom. The van der Waals surface area contributed by atoms with Crippen LogP contribution in [0.2, 0.25) is 0 Å². The number of anilines is 1. The molecule has 3 heterocycles. The summed E-state index contributed by atoms with van der Waals surface area (Å²) in [5.41, 5.74) is 4.57. The maximum Gasteiger partial charge on any atom is 0.0958 e. The number of benzene rings is 1. The first kappa shape index (κ1) is 12.5. The summed E-state index contributed by atoms with van der Waals surface area (Å²) in [5, 5.41) is 1.21. The molecule has 1 aliphatic heterocycles. The Labute approximate surface area is 124 Å². The van der Waals surface area contributed by atoms with E-state index in [1.807, 2.05) is 18.5 Å². The third kappa shape index (κ3) is 2.09. The lowest BCUT2D eigenvalue weighted by atomic mass is 10.1. The van der Waals surface area contributed by atoms with Crippen molar-refractivity contribution in [2.24, 2.45) is 0 Å². The van der Waals surface area contributed by atoms with Crippen molar-refractivity contribution in [3.63, 3.8) is 0 Å². The van der Waals surface area contributed by atoms with Crippen LogP contribution in [0.3, 0.4) is 0 Å². The zero-order valence-electron chi connectivity index (χ0n) is 12.2. The number of aromatic nitrogens is 2. The fraction of sp³-hybridized carbons (Fsp3) is 0.278. The van der Waals surface area contributed by atoms with Gasteiger partial charge < -0.3 is 9.88 Å². The Hall–Kier alpha value is -2.29. The molecule has 1 aliphatic rings. The average molecular weight is 277 g/mol. The number of aromatic amines is 1. The van der Waals surface area contributed by atoms with Crippen LogP contribution in [0.15, 0.2) is 48.8 Å². The predicted octanol–water partition coefficient (Wildman–Crippen LogP) is 4.22. The molecule has 0 amide bonds. The summed E-state index contributed by atoms with van der Waals surface area (Å²) in [4.78, 5) is 10.6. The van der Waals surface area contributed by atoms with Gasteiger partial charge in [-0.3, -0.25) is 0 Å². The Morgan fingerprint density at radius 1 is 1.24 bits per heavy atom. The normalized spacial score (nSPS) is 18.5. The highest BCUT2D eigenvalue weighted by Gasteiger charge is 2.24. The summed E-state index contributed by atoms with van der Waals surface area (Å²) in [5.74, 6) is 0. The van der Waals surface area contributed by atoms with Crippen LogP contribution in [0.5, 0.6) is 0 Å². The third-order valence-electron chi connectivity index (χ3n) is 4.44. The van der Waals surface area contributed by atoms with Gasteiger partial charge in [0.1, 0.15) is 0 Å². The number of fused-ring (bicyclic) bond motifs is 1. The lowest BCUT2D eigenvalue weighted by Gasteiger charge is -2.26. The van der Waals surface area contributed by atoms with Crippen molar-refractivity contribution in [1.29, 1.82) is 0 Å². The molecule has 1 fully saturated rings. The van der Waals surface area contributed by atoms with Crippen LogP contribution in [0, 0.1) is 0 Å². The minimum atomic E-state index is 0.589. The number of nitrogens with zero attached hydrogens (tertiary/aromatic N) is 2. The van der Waals surface area contributed by atoms with Crippen molar-refractivity contribution in [2.45, 2.75) is 25.8 Å². The predicted molar refractivity (Wildman–Crippen MR) is 87.6 cm³/mol. The van der Waals surface area contributed by atoms with Crippen LogP contribution < -0.4 is 4.90 Å². The molecule has 0 aliphatic carbocycles. The Kier molecular flexibility index (Phi) is 2.92. The summed E-state index contributed by atoms with van der Waals surface area (Å²) in [6, 6.07) is 13.3. The molecule has 1 aromatic carbocycles. The molecular weight excluding hydrogens is 258 g/mol. The van der Waals surface area contributed by atoms with Gasteiger partial charge in [0.15, 0.2) is 0 Å². The van der Waals surface area contributed by atoms with Crippen molar-refractivity contribution in [2.75, 3.05) is 11.4 Å². The smallest absolute Gasteiger partial charge is 0.0958 e. The molecule has 21 heavy (non-hydrogen) atoms. The van der Waals surface area contributed by atoms with E-state index in [2.05, 4.69) is 47.1 Å². The highest BCUT2D eigenvalue weighted by molar-refractivity contribution is 5.89. The molecule has 3 nitrogen and oxygen atoms in total. The summed E-state index contributed by atoms with van der Waals surface area (Å²) in [7, 11) is 0. The minimum absolute atomic E-state index is 0.589. The summed E-state index contributed by atoms with van der Waals surface area (Å²) in [6.07, 6.45) is 6.52. The van der Waals surface area contributed by atoms with Crippen molar-refractivity contribution in [3.8, 4) is 11.3 Å². The van der Waals surface area contributed by atoms with Crippen LogP contribution >= 0.6 is 0 Å². The zero-order valence-corrected chi connectivity index (χ0v) is 12.2.